The molecule has 4 aromatic rings. The Hall–Kier alpha value is -3.26. The van der Waals surface area contributed by atoms with Crippen LogP contribution in [-0.4, -0.2) is 26.3 Å². The molecule has 0 atom stereocenters. The topological polar surface area (TPSA) is 59.3 Å². The lowest BCUT2D eigenvalue weighted by atomic mass is 10.1. The average Bonchev–Trinajstić information content (AvgIpc) is 3.14. The number of anilines is 1. The van der Waals surface area contributed by atoms with Crippen molar-refractivity contribution in [3.8, 4) is 11.3 Å². The highest BCUT2D eigenvalue weighted by molar-refractivity contribution is 8.00. The predicted octanol–water partition coefficient (Wildman–Crippen LogP) is 4.71. The van der Waals surface area contributed by atoms with Gasteiger partial charge in [0.25, 0.3) is 0 Å². The third-order valence-corrected chi connectivity index (χ3v) is 5.28. The monoisotopic (exact) mass is 410 g/mol. The van der Waals surface area contributed by atoms with Crippen LogP contribution in [0.25, 0.3) is 16.8 Å². The molecule has 29 heavy (non-hydrogen) atoms. The molecular formula is C21H16F2N4OS. The zero-order chi connectivity index (χ0) is 20.4. The summed E-state index contributed by atoms with van der Waals surface area (Å²) in [6.07, 6.45) is 3.31. The second-order valence-electron chi connectivity index (χ2n) is 6.40. The van der Waals surface area contributed by atoms with E-state index in [2.05, 4.69) is 15.4 Å². The number of nitrogens with zero attached hydrogens (tertiary/aromatic N) is 3. The number of rotatable bonds is 5. The van der Waals surface area contributed by atoms with E-state index in [9.17, 15) is 13.6 Å². The van der Waals surface area contributed by atoms with Gasteiger partial charge in [-0.15, -0.1) is 0 Å². The molecule has 1 N–H and O–H groups in total. The largest absolute Gasteiger partial charge is 0.325 e. The minimum absolute atomic E-state index is 0.110. The van der Waals surface area contributed by atoms with Crippen molar-refractivity contribution >= 4 is 28.9 Å². The van der Waals surface area contributed by atoms with Gasteiger partial charge in [0.05, 0.1) is 17.0 Å². The molecule has 4 rings (SSSR count). The van der Waals surface area contributed by atoms with Crippen LogP contribution in [0.15, 0.2) is 66.0 Å². The summed E-state index contributed by atoms with van der Waals surface area (Å²) in [5, 5.41) is 7.80. The summed E-state index contributed by atoms with van der Waals surface area (Å²) in [6, 6.07) is 12.5. The van der Waals surface area contributed by atoms with Crippen LogP contribution in [0.2, 0.25) is 0 Å². The second-order valence-corrected chi connectivity index (χ2v) is 7.36. The third kappa shape index (κ3) is 4.27. The Balaban J connectivity index is 1.49. The van der Waals surface area contributed by atoms with E-state index in [1.807, 2.05) is 6.07 Å². The van der Waals surface area contributed by atoms with Crippen LogP contribution in [0, 0.1) is 18.6 Å². The van der Waals surface area contributed by atoms with Gasteiger partial charge >= 0.3 is 0 Å². The van der Waals surface area contributed by atoms with E-state index in [1.165, 1.54) is 30.0 Å². The van der Waals surface area contributed by atoms with Crippen molar-refractivity contribution in [2.24, 2.45) is 0 Å². The number of carbonyl (C=O) groups is 1. The average molecular weight is 410 g/mol. The number of carbonyl (C=O) groups excluding carboxylic acids is 1. The Kier molecular flexibility index (Phi) is 5.26. The van der Waals surface area contributed by atoms with E-state index in [0.29, 0.717) is 22.0 Å². The summed E-state index contributed by atoms with van der Waals surface area (Å²) in [6.45, 7) is 1.66. The van der Waals surface area contributed by atoms with Gasteiger partial charge in [0.2, 0.25) is 5.91 Å². The predicted molar refractivity (Wildman–Crippen MR) is 109 cm³/mol. The Morgan fingerprint density at radius 1 is 1.14 bits per heavy atom. The van der Waals surface area contributed by atoms with E-state index >= 15 is 0 Å². The van der Waals surface area contributed by atoms with Crippen molar-refractivity contribution < 1.29 is 13.6 Å². The number of halogens is 2. The lowest BCUT2D eigenvalue weighted by Gasteiger charge is -2.06. The molecule has 0 aliphatic rings. The number of hydrogen-bond acceptors (Lipinski definition) is 4. The molecule has 2 aromatic heterocycles. The molecule has 0 fully saturated rings. The molecule has 1 amide bonds. The minimum atomic E-state index is -0.366. The van der Waals surface area contributed by atoms with Crippen LogP contribution in [0.1, 0.15) is 5.56 Å². The number of amides is 1. The fourth-order valence-corrected chi connectivity index (χ4v) is 3.55. The molecular weight excluding hydrogens is 394 g/mol. The summed E-state index contributed by atoms with van der Waals surface area (Å²) in [7, 11) is 0. The van der Waals surface area contributed by atoms with Crippen molar-refractivity contribution in [2.45, 2.75) is 11.9 Å². The van der Waals surface area contributed by atoms with Crippen LogP contribution in [0.5, 0.6) is 0 Å². The molecule has 2 aromatic carbocycles. The maximum atomic E-state index is 13.6. The Bertz CT molecular complexity index is 1190. The first-order valence-corrected chi connectivity index (χ1v) is 9.77. The second kappa shape index (κ2) is 8.00. The molecule has 0 bridgehead atoms. The number of hydrogen-bond donors (Lipinski definition) is 1. The molecule has 0 saturated heterocycles. The fraction of sp³-hybridized carbons (Fsp3) is 0.0952. The Labute approximate surface area is 169 Å². The summed E-state index contributed by atoms with van der Waals surface area (Å²) < 4.78 is 28.4. The van der Waals surface area contributed by atoms with Gasteiger partial charge in [0.15, 0.2) is 0 Å². The SMILES string of the molecule is Cc1ccc(NC(=O)CSc2nccn3nc(-c4ccc(F)cc4)cc23)cc1F. The molecule has 0 unspecified atom stereocenters. The van der Waals surface area contributed by atoms with Crippen molar-refractivity contribution in [1.82, 2.24) is 14.6 Å². The summed E-state index contributed by atoms with van der Waals surface area (Å²) in [4.78, 5) is 16.6. The first-order valence-electron chi connectivity index (χ1n) is 8.79. The summed E-state index contributed by atoms with van der Waals surface area (Å²) in [5.74, 6) is -0.830. The highest BCUT2D eigenvalue weighted by Gasteiger charge is 2.12. The standard InChI is InChI=1S/C21H16F2N4OS/c1-13-2-7-16(10-17(13)23)25-20(28)12-29-21-19-11-18(26-27(19)9-8-24-21)14-3-5-15(22)6-4-14/h2-11H,12H2,1H3,(H,25,28). The van der Waals surface area contributed by atoms with Crippen molar-refractivity contribution in [1.29, 1.82) is 0 Å². The number of fused-ring (bicyclic) bond motifs is 1. The van der Waals surface area contributed by atoms with Gasteiger partial charge in [-0.05, 0) is 55.0 Å². The lowest BCUT2D eigenvalue weighted by Crippen LogP contribution is -2.14. The molecule has 8 heteroatoms. The maximum Gasteiger partial charge on any atom is 0.234 e. The number of aromatic nitrogens is 3. The van der Waals surface area contributed by atoms with E-state index in [0.717, 1.165) is 11.1 Å². The molecule has 0 aliphatic carbocycles. The van der Waals surface area contributed by atoms with Crippen molar-refractivity contribution in [3.05, 3.63) is 78.1 Å². The van der Waals surface area contributed by atoms with Gasteiger partial charge in [-0.3, -0.25) is 4.79 Å². The number of thioether (sulfide) groups is 1. The van der Waals surface area contributed by atoms with Crippen LogP contribution in [-0.2, 0) is 4.79 Å². The molecule has 2 heterocycles. The van der Waals surface area contributed by atoms with E-state index in [4.69, 9.17) is 0 Å². The highest BCUT2D eigenvalue weighted by atomic mass is 32.2. The molecule has 0 radical (unpaired) electrons. The zero-order valence-corrected chi connectivity index (χ0v) is 16.2. The van der Waals surface area contributed by atoms with Crippen LogP contribution in [0.4, 0.5) is 14.5 Å². The van der Waals surface area contributed by atoms with E-state index in [1.54, 1.807) is 48.1 Å². The smallest absolute Gasteiger partial charge is 0.234 e. The molecule has 146 valence electrons. The van der Waals surface area contributed by atoms with Gasteiger partial charge < -0.3 is 5.32 Å². The van der Waals surface area contributed by atoms with Crippen LogP contribution < -0.4 is 5.32 Å². The highest BCUT2D eigenvalue weighted by Crippen LogP contribution is 2.26. The Morgan fingerprint density at radius 3 is 2.69 bits per heavy atom. The molecule has 0 aliphatic heterocycles. The third-order valence-electron chi connectivity index (χ3n) is 4.29. The minimum Gasteiger partial charge on any atom is -0.325 e. The van der Waals surface area contributed by atoms with Crippen molar-refractivity contribution in [3.63, 3.8) is 0 Å². The van der Waals surface area contributed by atoms with Crippen LogP contribution in [0.3, 0.4) is 0 Å². The fourth-order valence-electron chi connectivity index (χ4n) is 2.77. The number of benzene rings is 2. The van der Waals surface area contributed by atoms with Gasteiger partial charge in [-0.2, -0.15) is 5.10 Å². The molecule has 0 saturated carbocycles. The Morgan fingerprint density at radius 2 is 1.93 bits per heavy atom. The van der Waals surface area contributed by atoms with Gasteiger partial charge in [-0.25, -0.2) is 18.3 Å². The van der Waals surface area contributed by atoms with E-state index in [-0.39, 0.29) is 23.3 Å². The van der Waals surface area contributed by atoms with Gasteiger partial charge in [0, 0.05) is 23.6 Å². The van der Waals surface area contributed by atoms with Gasteiger partial charge in [0.1, 0.15) is 16.7 Å². The zero-order valence-electron chi connectivity index (χ0n) is 15.4. The maximum absolute atomic E-state index is 13.6. The van der Waals surface area contributed by atoms with Crippen molar-refractivity contribution in [2.75, 3.05) is 11.1 Å². The van der Waals surface area contributed by atoms with E-state index < -0.39 is 0 Å². The number of nitrogens with one attached hydrogen (secondary N) is 1. The first-order chi connectivity index (χ1) is 14.0. The first kappa shape index (κ1) is 19.1. The molecule has 0 spiro atoms. The quantitative estimate of drug-likeness (QED) is 0.484. The van der Waals surface area contributed by atoms with Crippen LogP contribution >= 0.6 is 11.8 Å². The lowest BCUT2D eigenvalue weighted by molar-refractivity contribution is -0.113. The van der Waals surface area contributed by atoms with Gasteiger partial charge in [-0.1, -0.05) is 17.8 Å². The summed E-state index contributed by atoms with van der Waals surface area (Å²) in [5.41, 5.74) is 3.13. The summed E-state index contributed by atoms with van der Waals surface area (Å²) >= 11 is 1.26. The molecule has 5 nitrogen and oxygen atoms in total. The number of aryl methyl sites for hydroxylation is 1. The normalized spacial score (nSPS) is 11.0.